The highest BCUT2D eigenvalue weighted by Gasteiger charge is 2.16. The average molecular weight is 431 g/mol. The maximum atomic E-state index is 12.4. The van der Waals surface area contributed by atoms with E-state index in [1.807, 2.05) is 57.2 Å². The van der Waals surface area contributed by atoms with Crippen LogP contribution in [0.3, 0.4) is 0 Å². The average Bonchev–Trinajstić information content (AvgIpc) is 3.12. The molecule has 0 spiro atoms. The Morgan fingerprint density at radius 1 is 0.969 bits per heavy atom. The number of aromatic nitrogens is 6. The Labute approximate surface area is 186 Å². The van der Waals surface area contributed by atoms with E-state index in [0.29, 0.717) is 11.6 Å². The van der Waals surface area contributed by atoms with Gasteiger partial charge in [-0.15, -0.1) is 0 Å². The van der Waals surface area contributed by atoms with Gasteiger partial charge in [0.15, 0.2) is 0 Å². The van der Waals surface area contributed by atoms with E-state index in [2.05, 4.69) is 23.4 Å². The molecule has 0 aliphatic carbocycles. The van der Waals surface area contributed by atoms with E-state index in [0.717, 1.165) is 45.8 Å². The van der Waals surface area contributed by atoms with Crippen LogP contribution in [0.25, 0.3) is 16.9 Å². The van der Waals surface area contributed by atoms with Gasteiger partial charge in [0.2, 0.25) is 5.88 Å². The summed E-state index contributed by atoms with van der Waals surface area (Å²) in [7, 11) is 1.57. The lowest BCUT2D eigenvalue weighted by molar-refractivity contribution is 0.290. The summed E-state index contributed by atoms with van der Waals surface area (Å²) >= 11 is 0. The number of hydrogen-bond donors (Lipinski definition) is 0. The van der Waals surface area contributed by atoms with E-state index in [9.17, 15) is 4.79 Å². The molecule has 3 aromatic heterocycles. The highest BCUT2D eigenvalue weighted by Crippen LogP contribution is 2.28. The van der Waals surface area contributed by atoms with Crippen LogP contribution in [0.2, 0.25) is 0 Å². The third kappa shape index (κ3) is 4.03. The summed E-state index contributed by atoms with van der Waals surface area (Å²) in [5, 5.41) is 7.79. The van der Waals surface area contributed by atoms with Gasteiger partial charge < -0.3 is 4.74 Å². The second-order valence-corrected chi connectivity index (χ2v) is 7.77. The quantitative estimate of drug-likeness (QED) is 0.465. The van der Waals surface area contributed by atoms with Gasteiger partial charge in [0, 0.05) is 29.4 Å². The van der Waals surface area contributed by atoms with Gasteiger partial charge in [-0.3, -0.25) is 4.98 Å². The maximum absolute atomic E-state index is 12.4. The van der Waals surface area contributed by atoms with Gasteiger partial charge in [-0.1, -0.05) is 25.1 Å². The fourth-order valence-corrected chi connectivity index (χ4v) is 3.59. The fraction of sp³-hybridized carbons (Fsp3) is 0.292. The Morgan fingerprint density at radius 2 is 1.75 bits per heavy atom. The van der Waals surface area contributed by atoms with Gasteiger partial charge in [0.05, 0.1) is 17.1 Å². The standard InChI is InChI=1S/C24H26N6O2/c1-6-18-10-8-11-21(26-18)19-13-16(3)23(25-17(19)4)32-14-20-15(2)9-7-12-22(20)30-24(31)29(5)27-28-30/h7-13H,6,14H2,1-5H3. The zero-order chi connectivity index (χ0) is 22.8. The summed E-state index contributed by atoms with van der Waals surface area (Å²) in [6.07, 6.45) is 0.883. The van der Waals surface area contributed by atoms with Gasteiger partial charge in [0.25, 0.3) is 0 Å². The molecule has 0 bridgehead atoms. The number of ether oxygens (including phenoxy) is 1. The van der Waals surface area contributed by atoms with Crippen LogP contribution >= 0.6 is 0 Å². The molecular weight excluding hydrogens is 404 g/mol. The molecule has 8 nitrogen and oxygen atoms in total. The number of pyridine rings is 2. The number of hydrogen-bond acceptors (Lipinski definition) is 6. The van der Waals surface area contributed by atoms with Crippen molar-refractivity contribution in [3.63, 3.8) is 0 Å². The molecule has 0 unspecified atom stereocenters. The maximum Gasteiger partial charge on any atom is 0.368 e. The molecule has 0 radical (unpaired) electrons. The summed E-state index contributed by atoms with van der Waals surface area (Å²) in [5.41, 5.74) is 6.90. The lowest BCUT2D eigenvalue weighted by atomic mass is 10.1. The van der Waals surface area contributed by atoms with Crippen molar-refractivity contribution in [2.24, 2.45) is 7.05 Å². The van der Waals surface area contributed by atoms with Crippen molar-refractivity contribution in [3.8, 4) is 22.8 Å². The molecule has 32 heavy (non-hydrogen) atoms. The largest absolute Gasteiger partial charge is 0.473 e. The van der Waals surface area contributed by atoms with Crippen LogP contribution < -0.4 is 10.4 Å². The SMILES string of the molecule is CCc1cccc(-c2cc(C)c(OCc3c(C)cccc3-n3nnn(C)c3=O)nc2C)n1. The fourth-order valence-electron chi connectivity index (χ4n) is 3.59. The second-order valence-electron chi connectivity index (χ2n) is 7.77. The summed E-state index contributed by atoms with van der Waals surface area (Å²) in [5.74, 6) is 0.554. The molecule has 0 amide bonds. The van der Waals surface area contributed by atoms with Crippen LogP contribution in [0.15, 0.2) is 47.3 Å². The monoisotopic (exact) mass is 430 g/mol. The van der Waals surface area contributed by atoms with Crippen molar-refractivity contribution in [1.29, 1.82) is 0 Å². The van der Waals surface area contributed by atoms with Crippen molar-refractivity contribution in [1.82, 2.24) is 29.8 Å². The summed E-state index contributed by atoms with van der Waals surface area (Å²) in [6.45, 7) is 8.25. The minimum Gasteiger partial charge on any atom is -0.473 e. The zero-order valence-corrected chi connectivity index (χ0v) is 19.0. The van der Waals surface area contributed by atoms with Gasteiger partial charge in [-0.05, 0) is 67.4 Å². The van der Waals surface area contributed by atoms with E-state index in [-0.39, 0.29) is 12.3 Å². The minimum atomic E-state index is -0.312. The van der Waals surface area contributed by atoms with Crippen molar-refractivity contribution >= 4 is 0 Å². The van der Waals surface area contributed by atoms with E-state index >= 15 is 0 Å². The van der Waals surface area contributed by atoms with E-state index in [4.69, 9.17) is 14.7 Å². The Morgan fingerprint density at radius 3 is 2.47 bits per heavy atom. The Balaban J connectivity index is 1.65. The van der Waals surface area contributed by atoms with Gasteiger partial charge in [-0.2, -0.15) is 9.36 Å². The summed E-state index contributed by atoms with van der Waals surface area (Å²) < 4.78 is 8.61. The number of rotatable bonds is 6. The predicted molar refractivity (Wildman–Crippen MR) is 122 cm³/mol. The van der Waals surface area contributed by atoms with Crippen LogP contribution in [0, 0.1) is 20.8 Å². The number of aryl methyl sites for hydroxylation is 5. The normalized spacial score (nSPS) is 11.0. The lowest BCUT2D eigenvalue weighted by Crippen LogP contribution is -2.23. The van der Waals surface area contributed by atoms with Crippen molar-refractivity contribution in [2.45, 2.75) is 40.7 Å². The molecule has 4 aromatic rings. The van der Waals surface area contributed by atoms with E-state index < -0.39 is 0 Å². The third-order valence-electron chi connectivity index (χ3n) is 5.49. The topological polar surface area (TPSA) is 87.7 Å². The minimum absolute atomic E-state index is 0.251. The molecule has 0 fully saturated rings. The van der Waals surface area contributed by atoms with Crippen molar-refractivity contribution in [2.75, 3.05) is 0 Å². The predicted octanol–water partition coefficient (Wildman–Crippen LogP) is 3.49. The first-order valence-electron chi connectivity index (χ1n) is 10.5. The van der Waals surface area contributed by atoms with Crippen LogP contribution in [0.1, 0.15) is 35.0 Å². The third-order valence-corrected chi connectivity index (χ3v) is 5.49. The molecule has 0 saturated heterocycles. The molecule has 0 atom stereocenters. The molecular formula is C24H26N6O2. The van der Waals surface area contributed by atoms with E-state index in [1.165, 1.54) is 9.36 Å². The first-order valence-corrected chi connectivity index (χ1v) is 10.5. The Hall–Kier alpha value is -3.81. The van der Waals surface area contributed by atoms with E-state index in [1.54, 1.807) is 7.05 Å². The van der Waals surface area contributed by atoms with Crippen molar-refractivity contribution < 1.29 is 4.74 Å². The molecule has 3 heterocycles. The van der Waals surface area contributed by atoms with Crippen LogP contribution in [0.4, 0.5) is 0 Å². The number of benzene rings is 1. The molecule has 0 saturated carbocycles. The second kappa shape index (κ2) is 8.74. The molecule has 4 rings (SSSR count). The van der Waals surface area contributed by atoms with Crippen LogP contribution in [-0.4, -0.2) is 29.8 Å². The highest BCUT2D eigenvalue weighted by molar-refractivity contribution is 5.63. The molecule has 8 heteroatoms. The number of tetrazole rings is 1. The van der Waals surface area contributed by atoms with Crippen molar-refractivity contribution in [3.05, 3.63) is 81.0 Å². The van der Waals surface area contributed by atoms with Crippen LogP contribution in [0.5, 0.6) is 5.88 Å². The summed E-state index contributed by atoms with van der Waals surface area (Å²) in [6, 6.07) is 13.8. The molecule has 164 valence electrons. The first-order chi connectivity index (χ1) is 15.4. The molecule has 0 aliphatic heterocycles. The van der Waals surface area contributed by atoms with Crippen LogP contribution in [-0.2, 0) is 20.1 Å². The first kappa shape index (κ1) is 21.4. The zero-order valence-electron chi connectivity index (χ0n) is 19.0. The number of nitrogens with zero attached hydrogens (tertiary/aromatic N) is 6. The Kier molecular flexibility index (Phi) is 5.85. The molecule has 1 aromatic carbocycles. The Bertz CT molecular complexity index is 1340. The molecule has 0 N–H and O–H groups in total. The van der Waals surface area contributed by atoms with Gasteiger partial charge in [-0.25, -0.2) is 9.78 Å². The lowest BCUT2D eigenvalue weighted by Gasteiger charge is -2.15. The molecule has 0 aliphatic rings. The van der Waals surface area contributed by atoms with Gasteiger partial charge >= 0.3 is 5.69 Å². The smallest absolute Gasteiger partial charge is 0.368 e. The summed E-state index contributed by atoms with van der Waals surface area (Å²) in [4.78, 5) is 21.8. The highest BCUT2D eigenvalue weighted by atomic mass is 16.5. The van der Waals surface area contributed by atoms with Gasteiger partial charge in [0.1, 0.15) is 6.61 Å².